The second kappa shape index (κ2) is 9.74. The van der Waals surface area contributed by atoms with E-state index in [1.165, 1.54) is 31.4 Å². The van der Waals surface area contributed by atoms with Gasteiger partial charge >= 0.3 is 0 Å². The van der Waals surface area contributed by atoms with Gasteiger partial charge in [0.15, 0.2) is 11.5 Å². The third kappa shape index (κ3) is 4.80. The highest BCUT2D eigenvalue weighted by atomic mass is 16.7. The van der Waals surface area contributed by atoms with Crippen molar-refractivity contribution < 1.29 is 14.3 Å². The monoisotopic (exact) mass is 433 g/mol. The van der Waals surface area contributed by atoms with Gasteiger partial charge < -0.3 is 19.3 Å². The zero-order valence-corrected chi connectivity index (χ0v) is 18.5. The molecule has 1 aromatic heterocycles. The summed E-state index contributed by atoms with van der Waals surface area (Å²) in [7, 11) is 0. The molecule has 6 nitrogen and oxygen atoms in total. The van der Waals surface area contributed by atoms with E-state index in [0.717, 1.165) is 55.0 Å². The van der Waals surface area contributed by atoms with Gasteiger partial charge in [-0.1, -0.05) is 6.42 Å². The Morgan fingerprint density at radius 2 is 1.91 bits per heavy atom. The molecule has 1 saturated heterocycles. The molecule has 4 heterocycles. The van der Waals surface area contributed by atoms with Crippen LogP contribution in [0.25, 0.3) is 6.08 Å². The molecule has 32 heavy (non-hydrogen) atoms. The van der Waals surface area contributed by atoms with Gasteiger partial charge in [-0.2, -0.15) is 0 Å². The van der Waals surface area contributed by atoms with Gasteiger partial charge in [0, 0.05) is 31.2 Å². The standard InChI is InChI=1S/C26H31N3O3/c30-26-18-22-17-25-24(31-19-32-25)16-21(22)8-14-29(26)15-9-23-5-1-2-12-28(23)13-3-4-20-6-10-27-11-7-20/h6-8,10-11,14,16-17,23H,1-5,9,12-13,15,18-19H2. The Kier molecular flexibility index (Phi) is 6.39. The number of hydrogen-bond donors (Lipinski definition) is 0. The number of hydrogen-bond acceptors (Lipinski definition) is 5. The number of carbonyl (C=O) groups is 1. The minimum absolute atomic E-state index is 0.152. The molecular weight excluding hydrogens is 402 g/mol. The van der Waals surface area contributed by atoms with Crippen LogP contribution in [0.1, 0.15) is 48.8 Å². The van der Waals surface area contributed by atoms with E-state index in [4.69, 9.17) is 9.47 Å². The highest BCUT2D eigenvalue weighted by Gasteiger charge is 2.25. The number of carbonyl (C=O) groups excluding carboxylic acids is 1. The number of ether oxygens (including phenoxy) is 2. The molecule has 0 radical (unpaired) electrons. The van der Waals surface area contributed by atoms with Crippen molar-refractivity contribution in [2.45, 2.75) is 51.0 Å². The van der Waals surface area contributed by atoms with Crippen LogP contribution in [0.4, 0.5) is 0 Å². The van der Waals surface area contributed by atoms with Crippen LogP contribution >= 0.6 is 0 Å². The maximum absolute atomic E-state index is 12.9. The molecule has 0 spiro atoms. The van der Waals surface area contributed by atoms with Crippen molar-refractivity contribution in [3.63, 3.8) is 0 Å². The molecule has 5 rings (SSSR count). The van der Waals surface area contributed by atoms with Crippen LogP contribution < -0.4 is 9.47 Å². The Morgan fingerprint density at radius 3 is 2.78 bits per heavy atom. The molecule has 1 aromatic carbocycles. The first kappa shape index (κ1) is 21.0. The van der Waals surface area contributed by atoms with Crippen molar-refractivity contribution >= 4 is 12.0 Å². The highest BCUT2D eigenvalue weighted by Crippen LogP contribution is 2.36. The molecule has 0 saturated carbocycles. The summed E-state index contributed by atoms with van der Waals surface area (Å²) in [5.74, 6) is 1.65. The molecule has 0 N–H and O–H groups in total. The Morgan fingerprint density at radius 1 is 1.06 bits per heavy atom. The van der Waals surface area contributed by atoms with Crippen LogP contribution in [-0.4, -0.2) is 53.2 Å². The fraction of sp³-hybridized carbons (Fsp3) is 0.462. The minimum atomic E-state index is 0.152. The fourth-order valence-electron chi connectivity index (χ4n) is 5.03. The topological polar surface area (TPSA) is 54.9 Å². The predicted octanol–water partition coefficient (Wildman–Crippen LogP) is 4.04. The number of likely N-dealkylation sites (tertiary alicyclic amines) is 1. The molecular formula is C26H31N3O3. The van der Waals surface area contributed by atoms with Gasteiger partial charge in [0.2, 0.25) is 12.7 Å². The average molecular weight is 434 g/mol. The van der Waals surface area contributed by atoms with Crippen LogP contribution in [0, 0.1) is 0 Å². The highest BCUT2D eigenvalue weighted by molar-refractivity contribution is 5.84. The number of aromatic nitrogens is 1. The van der Waals surface area contributed by atoms with Crippen LogP contribution in [-0.2, 0) is 17.6 Å². The summed E-state index contributed by atoms with van der Waals surface area (Å²) in [4.78, 5) is 21.6. The molecule has 168 valence electrons. The van der Waals surface area contributed by atoms with Crippen molar-refractivity contribution in [3.05, 3.63) is 59.5 Å². The van der Waals surface area contributed by atoms with Crippen molar-refractivity contribution in [2.75, 3.05) is 26.4 Å². The summed E-state index contributed by atoms with van der Waals surface area (Å²) in [5, 5.41) is 0. The smallest absolute Gasteiger partial charge is 0.231 e. The lowest BCUT2D eigenvalue weighted by Crippen LogP contribution is -2.42. The molecule has 1 amide bonds. The number of amides is 1. The molecule has 3 aliphatic heterocycles. The average Bonchev–Trinajstić information content (AvgIpc) is 3.21. The lowest BCUT2D eigenvalue weighted by molar-refractivity contribution is -0.128. The van der Waals surface area contributed by atoms with Gasteiger partial charge in [-0.25, -0.2) is 0 Å². The fourth-order valence-corrected chi connectivity index (χ4v) is 5.03. The number of benzene rings is 1. The van der Waals surface area contributed by atoms with Crippen LogP contribution in [0.2, 0.25) is 0 Å². The lowest BCUT2D eigenvalue weighted by atomic mass is 9.98. The van der Waals surface area contributed by atoms with Crippen molar-refractivity contribution in [1.29, 1.82) is 0 Å². The number of fused-ring (bicyclic) bond motifs is 2. The summed E-state index contributed by atoms with van der Waals surface area (Å²) < 4.78 is 11.0. The molecule has 6 heteroatoms. The van der Waals surface area contributed by atoms with Crippen LogP contribution in [0.15, 0.2) is 42.9 Å². The molecule has 1 unspecified atom stereocenters. The maximum Gasteiger partial charge on any atom is 0.231 e. The molecule has 3 aliphatic rings. The zero-order chi connectivity index (χ0) is 21.8. The number of nitrogens with zero attached hydrogens (tertiary/aromatic N) is 3. The first-order valence-corrected chi connectivity index (χ1v) is 11.8. The number of rotatable bonds is 7. The van der Waals surface area contributed by atoms with Gasteiger partial charge in [0.05, 0.1) is 6.42 Å². The molecule has 1 atom stereocenters. The van der Waals surface area contributed by atoms with Gasteiger partial charge in [-0.05, 0) is 92.2 Å². The minimum Gasteiger partial charge on any atom is -0.454 e. The summed E-state index contributed by atoms with van der Waals surface area (Å²) in [6.45, 7) is 3.31. The Bertz CT molecular complexity index is 976. The van der Waals surface area contributed by atoms with E-state index in [0.29, 0.717) is 12.5 Å². The summed E-state index contributed by atoms with van der Waals surface area (Å²) in [6.07, 6.45) is 15.2. The molecule has 2 aromatic rings. The third-order valence-electron chi connectivity index (χ3n) is 6.84. The summed E-state index contributed by atoms with van der Waals surface area (Å²) in [6, 6.07) is 8.70. The normalized spacial score (nSPS) is 20.3. The van der Waals surface area contributed by atoms with Gasteiger partial charge in [-0.3, -0.25) is 9.78 Å². The third-order valence-corrected chi connectivity index (χ3v) is 6.84. The summed E-state index contributed by atoms with van der Waals surface area (Å²) in [5.41, 5.74) is 3.41. The van der Waals surface area contributed by atoms with E-state index in [1.807, 2.05) is 41.7 Å². The van der Waals surface area contributed by atoms with E-state index >= 15 is 0 Å². The first-order chi connectivity index (χ1) is 15.8. The van der Waals surface area contributed by atoms with Gasteiger partial charge in [-0.15, -0.1) is 0 Å². The predicted molar refractivity (Wildman–Crippen MR) is 123 cm³/mol. The molecule has 0 aliphatic carbocycles. The number of piperidine rings is 1. The van der Waals surface area contributed by atoms with Gasteiger partial charge in [0.25, 0.3) is 0 Å². The maximum atomic E-state index is 12.9. The van der Waals surface area contributed by atoms with E-state index in [1.54, 1.807) is 0 Å². The number of pyridine rings is 1. The van der Waals surface area contributed by atoms with E-state index in [2.05, 4.69) is 22.0 Å². The van der Waals surface area contributed by atoms with Crippen LogP contribution in [0.3, 0.4) is 0 Å². The van der Waals surface area contributed by atoms with Crippen LogP contribution in [0.5, 0.6) is 11.5 Å². The Balaban J connectivity index is 1.17. The molecule has 0 bridgehead atoms. The van der Waals surface area contributed by atoms with Crippen molar-refractivity contribution in [2.24, 2.45) is 0 Å². The van der Waals surface area contributed by atoms with E-state index < -0.39 is 0 Å². The first-order valence-electron chi connectivity index (χ1n) is 11.8. The van der Waals surface area contributed by atoms with Crippen molar-refractivity contribution in [1.82, 2.24) is 14.8 Å². The largest absolute Gasteiger partial charge is 0.454 e. The Hall–Kier alpha value is -2.86. The second-order valence-corrected chi connectivity index (χ2v) is 8.92. The lowest BCUT2D eigenvalue weighted by Gasteiger charge is -2.36. The second-order valence-electron chi connectivity index (χ2n) is 8.92. The van der Waals surface area contributed by atoms with Gasteiger partial charge in [0.1, 0.15) is 0 Å². The quantitative estimate of drug-likeness (QED) is 0.660. The van der Waals surface area contributed by atoms with E-state index in [9.17, 15) is 4.79 Å². The Labute approximate surface area is 189 Å². The number of aryl methyl sites for hydroxylation is 1. The van der Waals surface area contributed by atoms with E-state index in [-0.39, 0.29) is 12.7 Å². The zero-order valence-electron chi connectivity index (χ0n) is 18.5. The SMILES string of the molecule is O=C1Cc2cc3c(cc2C=CN1CCC1CCCCN1CCCc1ccncc1)OCO3. The van der Waals surface area contributed by atoms with Crippen molar-refractivity contribution in [3.8, 4) is 11.5 Å². The summed E-state index contributed by atoms with van der Waals surface area (Å²) >= 11 is 0. The molecule has 1 fully saturated rings.